The van der Waals surface area contributed by atoms with Crippen LogP contribution in [0.3, 0.4) is 0 Å². The van der Waals surface area contributed by atoms with Gasteiger partial charge in [0.05, 0.1) is 33.9 Å². The maximum Gasteiger partial charge on any atom is 0.396 e. The first-order valence-corrected chi connectivity index (χ1v) is 30.8. The molecule has 0 radical (unpaired) electrons. The minimum Gasteiger partial charge on any atom is -0.391 e. The molecule has 0 aliphatic carbocycles. The molecule has 7 atom stereocenters. The van der Waals surface area contributed by atoms with Crippen molar-refractivity contribution in [3.05, 3.63) is 136 Å². The highest BCUT2D eigenvalue weighted by Gasteiger charge is 2.47. The molecule has 25 heteroatoms. The third kappa shape index (κ3) is 14.1. The van der Waals surface area contributed by atoms with E-state index < -0.39 is 108 Å². The lowest BCUT2D eigenvalue weighted by Gasteiger charge is -2.35. The number of aliphatic hydroxyl groups is 1. The Balaban J connectivity index is 0.804. The third-order valence-corrected chi connectivity index (χ3v) is 17.6. The maximum absolute atomic E-state index is 14.6. The molecular weight excluding hydrogens is 1140 g/mol. The third-order valence-electron chi connectivity index (χ3n) is 15.8. The second-order valence-electron chi connectivity index (χ2n) is 23.2. The normalized spacial score (nSPS) is 18.5. The number of para-hydroxylation sites is 1. The number of nitrogens with two attached hydrogens (primary N) is 1. The summed E-state index contributed by atoms with van der Waals surface area (Å²) in [4.78, 5) is 153. The summed E-state index contributed by atoms with van der Waals surface area (Å²) in [6, 6.07) is 19.3. The van der Waals surface area contributed by atoms with Crippen molar-refractivity contribution in [2.45, 2.75) is 135 Å². The van der Waals surface area contributed by atoms with Gasteiger partial charge < -0.3 is 57.1 Å². The number of fused-ring (bicyclic) bond motifs is 1. The van der Waals surface area contributed by atoms with Gasteiger partial charge in [-0.2, -0.15) is 0 Å². The summed E-state index contributed by atoms with van der Waals surface area (Å²) in [5.41, 5.74) is 11.1. The number of β-amino-alcohol motifs (C(OH)–C–C–N with tert-alkyl or cyclic N) is 1. The first kappa shape index (κ1) is 62.1. The monoisotopic (exact) mass is 1210 g/mol. The van der Waals surface area contributed by atoms with Crippen LogP contribution in [0.5, 0.6) is 0 Å². The number of rotatable bonds is 21. The average Bonchev–Trinajstić information content (AvgIpc) is 2.07. The van der Waals surface area contributed by atoms with Gasteiger partial charge in [0.1, 0.15) is 35.9 Å². The van der Waals surface area contributed by atoms with Gasteiger partial charge in [0.2, 0.25) is 41.4 Å². The summed E-state index contributed by atoms with van der Waals surface area (Å²) in [6.07, 6.45) is -0.0702. The first-order chi connectivity index (χ1) is 40.7. The Labute approximate surface area is 499 Å². The number of H-pyrrole nitrogens is 1. The molecule has 23 nitrogen and oxygen atoms in total. The number of primary amides is 1. The fourth-order valence-corrected chi connectivity index (χ4v) is 12.6. The minimum atomic E-state index is -5.08. The fraction of sp³-hybridized carbons (Fsp3) is 0.377. The van der Waals surface area contributed by atoms with Crippen LogP contribution in [0.25, 0.3) is 21.3 Å². The number of carbonyl (C=O) groups excluding carboxylic acids is 9. The molecule has 0 saturated carbocycles. The number of hydrogen-bond donors (Lipinski definition) is 10. The van der Waals surface area contributed by atoms with Crippen LogP contribution in [0.2, 0.25) is 0 Å². The molecule has 86 heavy (non-hydrogen) atoms. The number of nitrogens with one attached hydrogen (secondary N) is 6. The number of amides is 8. The number of nitrogens with zero attached hydrogens (tertiary/aromatic N) is 3. The number of anilines is 2. The lowest BCUT2D eigenvalue weighted by Crippen LogP contribution is -2.57. The number of aliphatic hydroxyl groups excluding tert-OH is 1. The Morgan fingerprint density at radius 1 is 0.884 bits per heavy atom. The molecule has 0 bridgehead atoms. The number of hydrogen-bond acceptors (Lipinski definition) is 13. The van der Waals surface area contributed by atoms with E-state index in [1.54, 1.807) is 68.0 Å². The Morgan fingerprint density at radius 3 is 2.30 bits per heavy atom. The topological polar surface area (TPSA) is 353 Å². The molecule has 0 unspecified atom stereocenters. The van der Waals surface area contributed by atoms with Crippen LogP contribution in [0.4, 0.5) is 11.4 Å². The fourth-order valence-electron chi connectivity index (χ4n) is 11.3. The second kappa shape index (κ2) is 25.7. The van der Waals surface area contributed by atoms with E-state index >= 15 is 0 Å². The lowest BCUT2D eigenvalue weighted by atomic mass is 9.85. The van der Waals surface area contributed by atoms with E-state index in [-0.39, 0.29) is 56.3 Å². The summed E-state index contributed by atoms with van der Waals surface area (Å²) in [5, 5.41) is 25.3. The van der Waals surface area contributed by atoms with Gasteiger partial charge >= 0.3 is 7.60 Å². The number of aromatic amines is 1. The van der Waals surface area contributed by atoms with Crippen molar-refractivity contribution in [3.8, 4) is 10.4 Å². The van der Waals surface area contributed by atoms with E-state index in [0.29, 0.717) is 47.1 Å². The molecule has 452 valence electrons. The molecule has 8 amide bonds. The highest BCUT2D eigenvalue weighted by Crippen LogP contribution is 2.41. The van der Waals surface area contributed by atoms with Gasteiger partial charge in [-0.05, 0) is 116 Å². The summed E-state index contributed by atoms with van der Waals surface area (Å²) < 4.78 is 11.6. The molecule has 0 spiro atoms. The van der Waals surface area contributed by atoms with Crippen LogP contribution in [0.1, 0.15) is 121 Å². The minimum absolute atomic E-state index is 0.00481. The van der Waals surface area contributed by atoms with E-state index in [4.69, 9.17) is 5.73 Å². The van der Waals surface area contributed by atoms with Crippen molar-refractivity contribution in [1.82, 2.24) is 36.1 Å². The van der Waals surface area contributed by atoms with Gasteiger partial charge in [0.25, 0.3) is 11.4 Å². The molecule has 6 aromatic rings. The van der Waals surface area contributed by atoms with E-state index in [1.165, 1.54) is 34.1 Å². The van der Waals surface area contributed by atoms with Gasteiger partial charge in [0, 0.05) is 54.4 Å². The van der Waals surface area contributed by atoms with E-state index in [0.717, 1.165) is 32.8 Å². The Bertz CT molecular complexity index is 3700. The highest BCUT2D eigenvalue weighted by molar-refractivity contribution is 7.70. The number of aryl methyl sites for hydroxylation is 3. The summed E-state index contributed by atoms with van der Waals surface area (Å²) in [6.45, 7) is 9.13. The standard InChI is InChI=1S/C61H69N10O13PS/c1-32(35-15-17-37(18-16-35)52-33(2)63-31-86-52)64-56(77)47-29-42(72)30-70(47)59(80)53(61(3,4)5)69-50(74)14-7-10-34-9-6-13-41(25-34)65-54(75)44(23-24-49(62)73)67-57(78)48-28-38-12-8-11-36-19-22-45(58(79)71(48)51(36)38)68-55(76)46-27-40-26-39(20-21-43(40)66-46)60(81)85(82,83)84/h6,8-9,11-13,15-18,20-21,25-27,31-32,42,44-45,47-48,53,66,72H,7,10,14,19,22-24,28-30H2,1-5H3,(H2,62,73)(H,64,77)(H,65,75)(H,67,78)(H,68,76)(H,69,74)(H2,82,83,84)/t32-,42+,44-,45-,47-,48-,53+/m0/s1. The van der Waals surface area contributed by atoms with Gasteiger partial charge in [-0.25, -0.2) is 4.98 Å². The van der Waals surface area contributed by atoms with Crippen LogP contribution >= 0.6 is 18.9 Å². The molecular formula is C61H69N10O13PS. The molecule has 3 aliphatic heterocycles. The van der Waals surface area contributed by atoms with Crippen molar-refractivity contribution in [2.24, 2.45) is 11.1 Å². The lowest BCUT2D eigenvalue weighted by molar-refractivity contribution is -0.144. The number of aromatic nitrogens is 2. The van der Waals surface area contributed by atoms with Crippen molar-refractivity contribution < 1.29 is 62.6 Å². The van der Waals surface area contributed by atoms with Crippen LogP contribution in [-0.4, -0.2) is 125 Å². The summed E-state index contributed by atoms with van der Waals surface area (Å²) in [5.74, 6) is -4.71. The predicted molar refractivity (Wildman–Crippen MR) is 320 cm³/mol. The Morgan fingerprint density at radius 2 is 1.60 bits per heavy atom. The zero-order valence-electron chi connectivity index (χ0n) is 48.0. The number of carbonyl (C=O) groups is 9. The molecule has 5 heterocycles. The Kier molecular flexibility index (Phi) is 18.5. The molecule has 4 aromatic carbocycles. The summed E-state index contributed by atoms with van der Waals surface area (Å²) >= 11 is 1.54. The van der Waals surface area contributed by atoms with E-state index in [9.17, 15) is 62.6 Å². The smallest absolute Gasteiger partial charge is 0.391 e. The van der Waals surface area contributed by atoms with Gasteiger partial charge in [-0.15, -0.1) is 11.3 Å². The van der Waals surface area contributed by atoms with Gasteiger partial charge in [0.15, 0.2) is 0 Å². The van der Waals surface area contributed by atoms with Gasteiger partial charge in [-0.1, -0.05) is 75.4 Å². The maximum atomic E-state index is 14.6. The number of benzene rings is 4. The molecule has 1 saturated heterocycles. The molecule has 9 rings (SSSR count). The predicted octanol–water partition coefficient (Wildman–Crippen LogP) is 5.00. The zero-order chi connectivity index (χ0) is 61.9. The number of thiazole rings is 1. The van der Waals surface area contributed by atoms with Crippen LogP contribution < -0.4 is 37.2 Å². The number of likely N-dealkylation sites (tertiary alicyclic amines) is 1. The molecule has 1 fully saturated rings. The van der Waals surface area contributed by atoms with Crippen molar-refractivity contribution in [1.29, 1.82) is 0 Å². The Hall–Kier alpha value is -8.41. The van der Waals surface area contributed by atoms with Crippen molar-refractivity contribution in [3.63, 3.8) is 0 Å². The largest absolute Gasteiger partial charge is 0.396 e. The van der Waals surface area contributed by atoms with E-state index in [1.807, 2.05) is 50.2 Å². The first-order valence-electron chi connectivity index (χ1n) is 28.3. The van der Waals surface area contributed by atoms with Crippen LogP contribution in [-0.2, 0) is 57.4 Å². The summed E-state index contributed by atoms with van der Waals surface area (Å²) in [7, 11) is -5.08. The van der Waals surface area contributed by atoms with Crippen molar-refractivity contribution in [2.75, 3.05) is 16.8 Å². The van der Waals surface area contributed by atoms with E-state index in [2.05, 4.69) is 36.6 Å². The SMILES string of the molecule is Cc1ncsc1-c1ccc([C@H](C)NC(=O)[C@@H]2C[C@@H](O)CN2C(=O)[C@@H](NC(=O)CCCc2cccc(NC(=O)[C@H](CCC(N)=O)NC(=O)[C@@H]3Cc4cccc5c4N3C(=O)[C@@H](NC(=O)c3cc4cc(C(=O)P(=O)(O)O)ccc4[nH]3)CC5)c2)C(C)(C)C)cc1. The molecule has 3 aliphatic rings. The highest BCUT2D eigenvalue weighted by atomic mass is 32.1. The molecule has 11 N–H and O–H groups in total. The van der Waals surface area contributed by atoms with Crippen LogP contribution in [0.15, 0.2) is 96.5 Å². The van der Waals surface area contributed by atoms with Gasteiger partial charge in [-0.3, -0.25) is 52.6 Å². The van der Waals surface area contributed by atoms with Crippen LogP contribution in [0, 0.1) is 12.3 Å². The van der Waals surface area contributed by atoms with Crippen molar-refractivity contribution >= 4 is 94.0 Å². The molecule has 2 aromatic heterocycles. The zero-order valence-corrected chi connectivity index (χ0v) is 49.8. The second-order valence-corrected chi connectivity index (χ2v) is 25.6. The quantitative estimate of drug-likeness (QED) is 0.0424. The average molecular weight is 1210 g/mol.